The lowest BCUT2D eigenvalue weighted by Gasteiger charge is -2.17. The molecule has 82 valence electrons. The first kappa shape index (κ1) is 10.5. The van der Waals surface area contributed by atoms with E-state index in [0.29, 0.717) is 0 Å². The zero-order chi connectivity index (χ0) is 11.1. The van der Waals surface area contributed by atoms with Crippen LogP contribution in [0.4, 0.5) is 0 Å². The van der Waals surface area contributed by atoms with Crippen LogP contribution < -0.4 is 4.74 Å². The average molecular weight is 206 g/mol. The van der Waals surface area contributed by atoms with E-state index >= 15 is 0 Å². The zero-order valence-corrected chi connectivity index (χ0v) is 9.58. The van der Waals surface area contributed by atoms with Crippen molar-refractivity contribution in [3.63, 3.8) is 0 Å². The molecule has 1 aromatic rings. The molecular weight excluding hydrogens is 188 g/mol. The molecule has 0 fully saturated rings. The number of fused-ring (bicyclic) bond motifs is 1. The van der Waals surface area contributed by atoms with Gasteiger partial charge in [0.05, 0.1) is 12.7 Å². The Bertz CT molecular complexity index is 369. The van der Waals surface area contributed by atoms with Gasteiger partial charge in [-0.2, -0.15) is 0 Å². The van der Waals surface area contributed by atoms with Crippen molar-refractivity contribution < 1.29 is 9.84 Å². The van der Waals surface area contributed by atoms with Crippen molar-refractivity contribution in [1.29, 1.82) is 0 Å². The number of aliphatic hydroxyl groups is 1. The van der Waals surface area contributed by atoms with Crippen LogP contribution in [0.2, 0.25) is 0 Å². The van der Waals surface area contributed by atoms with Crippen LogP contribution in [-0.4, -0.2) is 11.7 Å². The molecule has 1 aliphatic heterocycles. The van der Waals surface area contributed by atoms with Gasteiger partial charge < -0.3 is 9.84 Å². The normalized spacial score (nSPS) is 19.5. The molecule has 0 unspecified atom stereocenters. The molecule has 0 amide bonds. The van der Waals surface area contributed by atoms with Gasteiger partial charge in [0.2, 0.25) is 0 Å². The summed E-state index contributed by atoms with van der Waals surface area (Å²) in [7, 11) is 0. The van der Waals surface area contributed by atoms with E-state index in [1.807, 2.05) is 19.1 Å². The summed E-state index contributed by atoms with van der Waals surface area (Å²) in [4.78, 5) is 0. The molecule has 0 radical (unpaired) electrons. The van der Waals surface area contributed by atoms with Crippen LogP contribution >= 0.6 is 0 Å². The first-order valence-corrected chi connectivity index (χ1v) is 5.50. The Morgan fingerprint density at radius 3 is 2.87 bits per heavy atom. The Morgan fingerprint density at radius 2 is 2.20 bits per heavy atom. The van der Waals surface area contributed by atoms with Crippen LogP contribution in [0.5, 0.6) is 5.75 Å². The summed E-state index contributed by atoms with van der Waals surface area (Å²) in [5, 5.41) is 9.79. The summed E-state index contributed by atoms with van der Waals surface area (Å²) in [6, 6.07) is 6.00. The van der Waals surface area contributed by atoms with Gasteiger partial charge in [-0.25, -0.2) is 0 Å². The van der Waals surface area contributed by atoms with Gasteiger partial charge in [-0.1, -0.05) is 26.8 Å². The van der Waals surface area contributed by atoms with Gasteiger partial charge >= 0.3 is 0 Å². The third kappa shape index (κ3) is 1.74. The van der Waals surface area contributed by atoms with Gasteiger partial charge in [0.1, 0.15) is 5.75 Å². The van der Waals surface area contributed by atoms with Crippen molar-refractivity contribution in [1.82, 2.24) is 0 Å². The summed E-state index contributed by atoms with van der Waals surface area (Å²) < 4.78 is 5.60. The summed E-state index contributed by atoms with van der Waals surface area (Å²) in [5.74, 6) is 0.965. The molecule has 1 heterocycles. The molecule has 1 atom stereocenters. The molecule has 1 N–H and O–H groups in total. The minimum absolute atomic E-state index is 0.0683. The second-order valence-electron chi connectivity index (χ2n) is 4.85. The standard InChI is InChI=1S/C13H18O2/c1-4-11(14)9-5-6-12-10(7-9)13(2,3)8-15-12/h5-7,11,14H,4,8H2,1-3H3/t11-/m0/s1. The largest absolute Gasteiger partial charge is 0.492 e. The van der Waals surface area contributed by atoms with E-state index in [0.717, 1.165) is 24.3 Å². The van der Waals surface area contributed by atoms with E-state index in [2.05, 4.69) is 19.9 Å². The van der Waals surface area contributed by atoms with Crippen LogP contribution in [0, 0.1) is 0 Å². The number of aliphatic hydroxyl groups excluding tert-OH is 1. The molecule has 2 heteroatoms. The number of hydrogen-bond acceptors (Lipinski definition) is 2. The van der Waals surface area contributed by atoms with Crippen LogP contribution in [0.3, 0.4) is 0 Å². The Balaban J connectivity index is 2.41. The molecule has 0 saturated heterocycles. The number of ether oxygens (including phenoxy) is 1. The van der Waals surface area contributed by atoms with Crippen LogP contribution in [0.1, 0.15) is 44.4 Å². The van der Waals surface area contributed by atoms with Crippen molar-refractivity contribution in [2.75, 3.05) is 6.61 Å². The Morgan fingerprint density at radius 1 is 1.47 bits per heavy atom. The molecule has 15 heavy (non-hydrogen) atoms. The van der Waals surface area contributed by atoms with E-state index in [-0.39, 0.29) is 11.5 Å². The quantitative estimate of drug-likeness (QED) is 0.806. The summed E-state index contributed by atoms with van der Waals surface area (Å²) >= 11 is 0. The fourth-order valence-corrected chi connectivity index (χ4v) is 1.98. The highest BCUT2D eigenvalue weighted by atomic mass is 16.5. The monoisotopic (exact) mass is 206 g/mol. The highest BCUT2D eigenvalue weighted by Crippen LogP contribution is 2.39. The maximum absolute atomic E-state index is 9.79. The molecule has 1 aromatic carbocycles. The maximum Gasteiger partial charge on any atom is 0.123 e. The van der Waals surface area contributed by atoms with E-state index in [9.17, 15) is 5.11 Å². The predicted octanol–water partition coefficient (Wildman–Crippen LogP) is 2.80. The van der Waals surface area contributed by atoms with Crippen LogP contribution in [0.15, 0.2) is 18.2 Å². The lowest BCUT2D eigenvalue weighted by molar-refractivity contribution is 0.173. The molecule has 2 nitrogen and oxygen atoms in total. The van der Waals surface area contributed by atoms with Crippen LogP contribution in [0.25, 0.3) is 0 Å². The third-order valence-corrected chi connectivity index (χ3v) is 3.09. The molecule has 0 bridgehead atoms. The third-order valence-electron chi connectivity index (χ3n) is 3.09. The molecule has 0 aromatic heterocycles. The highest BCUT2D eigenvalue weighted by Gasteiger charge is 2.32. The van der Waals surface area contributed by atoms with Gasteiger partial charge in [0, 0.05) is 11.0 Å². The van der Waals surface area contributed by atoms with Gasteiger partial charge in [0.25, 0.3) is 0 Å². The van der Waals surface area contributed by atoms with Crippen molar-refractivity contribution in [2.45, 2.75) is 38.7 Å². The Kier molecular flexibility index (Phi) is 2.47. The van der Waals surface area contributed by atoms with Crippen molar-refractivity contribution in [3.05, 3.63) is 29.3 Å². The molecule has 0 aliphatic carbocycles. The maximum atomic E-state index is 9.79. The minimum Gasteiger partial charge on any atom is -0.492 e. The molecule has 0 saturated carbocycles. The average Bonchev–Trinajstić information content (AvgIpc) is 2.53. The van der Waals surface area contributed by atoms with Gasteiger partial charge in [-0.05, 0) is 24.1 Å². The smallest absolute Gasteiger partial charge is 0.123 e. The highest BCUT2D eigenvalue weighted by molar-refractivity contribution is 5.45. The number of rotatable bonds is 2. The van der Waals surface area contributed by atoms with Crippen molar-refractivity contribution >= 4 is 0 Å². The molecule has 1 aliphatic rings. The first-order chi connectivity index (χ1) is 7.04. The summed E-state index contributed by atoms with van der Waals surface area (Å²) in [5.41, 5.74) is 2.28. The van der Waals surface area contributed by atoms with Crippen molar-refractivity contribution in [3.8, 4) is 5.75 Å². The second kappa shape index (κ2) is 3.53. The van der Waals surface area contributed by atoms with E-state index < -0.39 is 0 Å². The SMILES string of the molecule is CC[C@H](O)c1ccc2c(c1)C(C)(C)CO2. The van der Waals surface area contributed by atoms with E-state index in [1.54, 1.807) is 0 Å². The van der Waals surface area contributed by atoms with Gasteiger partial charge in [0.15, 0.2) is 0 Å². The summed E-state index contributed by atoms with van der Waals surface area (Å²) in [6.07, 6.45) is 0.395. The van der Waals surface area contributed by atoms with E-state index in [4.69, 9.17) is 4.74 Å². The second-order valence-corrected chi connectivity index (χ2v) is 4.85. The molecule has 0 spiro atoms. The predicted molar refractivity (Wildman–Crippen MR) is 60.2 cm³/mol. The summed E-state index contributed by atoms with van der Waals surface area (Å²) in [6.45, 7) is 7.05. The van der Waals surface area contributed by atoms with Gasteiger partial charge in [-0.15, -0.1) is 0 Å². The fraction of sp³-hybridized carbons (Fsp3) is 0.538. The van der Waals surface area contributed by atoms with Gasteiger partial charge in [-0.3, -0.25) is 0 Å². The lowest BCUT2D eigenvalue weighted by Crippen LogP contribution is -2.18. The number of hydrogen-bond donors (Lipinski definition) is 1. The molecular formula is C13H18O2. The Hall–Kier alpha value is -1.02. The number of benzene rings is 1. The zero-order valence-electron chi connectivity index (χ0n) is 9.58. The minimum atomic E-state index is -0.355. The molecule has 2 rings (SSSR count). The first-order valence-electron chi connectivity index (χ1n) is 5.50. The fourth-order valence-electron chi connectivity index (χ4n) is 1.98. The van der Waals surface area contributed by atoms with Crippen LogP contribution in [-0.2, 0) is 5.41 Å². The lowest BCUT2D eigenvalue weighted by atomic mass is 9.85. The van der Waals surface area contributed by atoms with E-state index in [1.165, 1.54) is 5.56 Å². The Labute approximate surface area is 90.9 Å². The van der Waals surface area contributed by atoms with Crippen molar-refractivity contribution in [2.24, 2.45) is 0 Å². The topological polar surface area (TPSA) is 29.5 Å².